The molecule has 0 bridgehead atoms. The first kappa shape index (κ1) is 26.3. The first-order chi connectivity index (χ1) is 16.6. The number of nitrogens with zero attached hydrogens (tertiary/aromatic N) is 4. The molecule has 11 heteroatoms. The van der Waals surface area contributed by atoms with Crippen molar-refractivity contribution < 1.29 is 22.7 Å². The maximum absolute atomic E-state index is 13.1. The molecule has 1 heterocycles. The third kappa shape index (κ3) is 6.44. The lowest BCUT2D eigenvalue weighted by molar-refractivity contribution is -0.135. The lowest BCUT2D eigenvalue weighted by atomic mass is 10.1. The fourth-order valence-electron chi connectivity index (χ4n) is 3.65. The van der Waals surface area contributed by atoms with Gasteiger partial charge < -0.3 is 14.4 Å². The number of methoxy groups -OCH3 is 1. The lowest BCUT2D eigenvalue weighted by Crippen LogP contribution is -2.33. The summed E-state index contributed by atoms with van der Waals surface area (Å²) in [5, 5.41) is 6.65. The molecule has 0 unspecified atom stereocenters. The Hall–Kier alpha value is -3.28. The van der Waals surface area contributed by atoms with Crippen molar-refractivity contribution in [1.29, 1.82) is 0 Å². The van der Waals surface area contributed by atoms with Crippen LogP contribution in [0.15, 0.2) is 47.6 Å². The number of hydrogen-bond acceptors (Lipinski definition) is 7. The Morgan fingerprint density at radius 3 is 2.31 bits per heavy atom. The van der Waals surface area contributed by atoms with Crippen LogP contribution in [0.25, 0.3) is 11.4 Å². The Labute approximate surface area is 205 Å². The molecule has 0 saturated heterocycles. The topological polar surface area (TPSA) is 118 Å². The molecule has 0 aliphatic heterocycles. The maximum Gasteiger partial charge on any atom is 0.248 e. The van der Waals surface area contributed by atoms with Crippen molar-refractivity contribution in [3.8, 4) is 17.1 Å². The average molecular weight is 502 g/mol. The van der Waals surface area contributed by atoms with E-state index in [1.807, 2.05) is 24.3 Å². The average Bonchev–Trinajstić information content (AvgIpc) is 3.36. The summed E-state index contributed by atoms with van der Waals surface area (Å²) in [6.07, 6.45) is 1.45. The molecular formula is C24H31N5O5S. The third-order valence-electron chi connectivity index (χ3n) is 5.60. The van der Waals surface area contributed by atoms with Crippen molar-refractivity contribution in [3.05, 3.63) is 59.4 Å². The van der Waals surface area contributed by atoms with E-state index in [0.29, 0.717) is 29.2 Å². The molecule has 2 aromatic carbocycles. The molecule has 0 fully saturated rings. The zero-order valence-corrected chi connectivity index (χ0v) is 21.4. The van der Waals surface area contributed by atoms with Crippen molar-refractivity contribution in [2.75, 3.05) is 41.0 Å². The van der Waals surface area contributed by atoms with Gasteiger partial charge in [0.15, 0.2) is 5.82 Å². The third-order valence-corrected chi connectivity index (χ3v) is 7.76. The summed E-state index contributed by atoms with van der Waals surface area (Å²) in [5.74, 6) is 1.09. The van der Waals surface area contributed by atoms with Crippen LogP contribution in [0.4, 0.5) is 0 Å². The molecular weight excluding hydrogens is 470 g/mol. The lowest BCUT2D eigenvalue weighted by Gasteiger charge is -2.21. The molecule has 3 aromatic rings. The Morgan fingerprint density at radius 2 is 1.74 bits per heavy atom. The second-order valence-electron chi connectivity index (χ2n) is 8.25. The van der Waals surface area contributed by atoms with Gasteiger partial charge in [0, 0.05) is 32.7 Å². The van der Waals surface area contributed by atoms with E-state index in [4.69, 9.17) is 9.47 Å². The second-order valence-corrected chi connectivity index (χ2v) is 10.2. The quantitative estimate of drug-likeness (QED) is 0.401. The summed E-state index contributed by atoms with van der Waals surface area (Å²) in [6.45, 7) is 3.97. The molecule has 1 N–H and O–H groups in total. The minimum Gasteiger partial charge on any atom is -0.497 e. The summed E-state index contributed by atoms with van der Waals surface area (Å²) in [7, 11) is 1.03. The minimum absolute atomic E-state index is 0.0927. The van der Waals surface area contributed by atoms with E-state index in [2.05, 4.69) is 15.2 Å². The van der Waals surface area contributed by atoms with Crippen LogP contribution in [0.3, 0.4) is 0 Å². The summed E-state index contributed by atoms with van der Waals surface area (Å²) in [4.78, 5) is 18.4. The van der Waals surface area contributed by atoms with Crippen LogP contribution in [-0.2, 0) is 26.1 Å². The second kappa shape index (κ2) is 11.4. The van der Waals surface area contributed by atoms with E-state index >= 15 is 0 Å². The number of hydrogen-bond donors (Lipinski definition) is 1. The zero-order valence-electron chi connectivity index (χ0n) is 20.6. The summed E-state index contributed by atoms with van der Waals surface area (Å²) in [5.41, 5.74) is 3.09. The highest BCUT2D eigenvalue weighted by Crippen LogP contribution is 2.27. The fraction of sp³-hybridized carbons (Fsp3) is 0.375. The van der Waals surface area contributed by atoms with E-state index in [1.54, 1.807) is 45.0 Å². The maximum atomic E-state index is 13.1. The number of benzene rings is 2. The highest BCUT2D eigenvalue weighted by molar-refractivity contribution is 7.89. The van der Waals surface area contributed by atoms with Gasteiger partial charge in [-0.1, -0.05) is 24.3 Å². The largest absolute Gasteiger partial charge is 0.497 e. The molecule has 1 amide bonds. The van der Waals surface area contributed by atoms with E-state index in [-0.39, 0.29) is 30.6 Å². The number of carbonyl (C=O) groups is 1. The number of aromatic amines is 1. The Morgan fingerprint density at radius 1 is 1.09 bits per heavy atom. The normalized spacial score (nSPS) is 11.6. The Kier molecular flexibility index (Phi) is 8.60. The van der Waals surface area contributed by atoms with Gasteiger partial charge in [0.05, 0.1) is 18.6 Å². The first-order valence-electron chi connectivity index (χ1n) is 11.0. The number of sulfonamides is 1. The van der Waals surface area contributed by atoms with Crippen molar-refractivity contribution in [2.24, 2.45) is 0 Å². The van der Waals surface area contributed by atoms with Gasteiger partial charge in [-0.15, -0.1) is 0 Å². The fourth-order valence-corrected chi connectivity index (χ4v) is 5.21. The molecule has 0 saturated carbocycles. The molecule has 0 spiro atoms. The predicted molar refractivity (Wildman–Crippen MR) is 131 cm³/mol. The minimum atomic E-state index is -3.71. The number of aryl methyl sites for hydroxylation is 2. The molecule has 1 aromatic heterocycles. The Balaban J connectivity index is 1.48. The molecule has 0 radical (unpaired) electrons. The number of ether oxygens (including phenoxy) is 2. The summed E-state index contributed by atoms with van der Waals surface area (Å²) >= 11 is 0. The van der Waals surface area contributed by atoms with Gasteiger partial charge in [-0.05, 0) is 42.7 Å². The SMILES string of the molecule is COc1cc(C)c(S(=O)(=O)N(C)CCOCC(=O)N(C)Cc2ccc(-c3ncn[nH]3)cc2)c(C)c1. The van der Waals surface area contributed by atoms with Crippen molar-refractivity contribution >= 4 is 15.9 Å². The number of likely N-dealkylation sites (N-methyl/N-ethyl adjacent to an activating group) is 2. The smallest absolute Gasteiger partial charge is 0.248 e. The van der Waals surface area contributed by atoms with E-state index in [0.717, 1.165) is 11.1 Å². The molecule has 3 rings (SSSR count). The monoisotopic (exact) mass is 501 g/mol. The standard InChI is InChI=1S/C24H31N5O5S/c1-17-12-21(33-5)13-18(2)23(17)35(31,32)29(4)10-11-34-15-22(30)28(3)14-19-6-8-20(9-7-19)24-25-16-26-27-24/h6-9,12-13,16H,10-11,14-15H2,1-5H3,(H,25,26,27). The van der Waals surface area contributed by atoms with Gasteiger partial charge in [-0.3, -0.25) is 9.89 Å². The molecule has 0 aliphatic rings. The highest BCUT2D eigenvalue weighted by Gasteiger charge is 2.25. The van der Waals surface area contributed by atoms with Crippen molar-refractivity contribution in [1.82, 2.24) is 24.4 Å². The van der Waals surface area contributed by atoms with Crippen LogP contribution in [0.5, 0.6) is 5.75 Å². The predicted octanol–water partition coefficient (Wildman–Crippen LogP) is 2.39. The van der Waals surface area contributed by atoms with E-state index in [1.165, 1.54) is 17.7 Å². The number of amides is 1. The van der Waals surface area contributed by atoms with Crippen LogP contribution in [0.2, 0.25) is 0 Å². The highest BCUT2D eigenvalue weighted by atomic mass is 32.2. The van der Waals surface area contributed by atoms with Gasteiger partial charge >= 0.3 is 0 Å². The van der Waals surface area contributed by atoms with Crippen LogP contribution < -0.4 is 4.74 Å². The van der Waals surface area contributed by atoms with Crippen LogP contribution in [-0.4, -0.2) is 79.7 Å². The van der Waals surface area contributed by atoms with Gasteiger partial charge in [-0.2, -0.15) is 9.40 Å². The number of aromatic nitrogens is 3. The van der Waals surface area contributed by atoms with Gasteiger partial charge in [0.25, 0.3) is 0 Å². The van der Waals surface area contributed by atoms with Crippen LogP contribution >= 0.6 is 0 Å². The Bertz CT molecular complexity index is 1220. The number of H-pyrrole nitrogens is 1. The van der Waals surface area contributed by atoms with Crippen LogP contribution in [0, 0.1) is 13.8 Å². The molecule has 0 aliphatic carbocycles. The molecule has 0 atom stereocenters. The van der Waals surface area contributed by atoms with Crippen molar-refractivity contribution in [3.63, 3.8) is 0 Å². The van der Waals surface area contributed by atoms with Crippen LogP contribution in [0.1, 0.15) is 16.7 Å². The van der Waals surface area contributed by atoms with Gasteiger partial charge in [-0.25, -0.2) is 13.4 Å². The van der Waals surface area contributed by atoms with Gasteiger partial charge in [0.2, 0.25) is 15.9 Å². The molecule has 188 valence electrons. The van der Waals surface area contributed by atoms with E-state index in [9.17, 15) is 13.2 Å². The van der Waals surface area contributed by atoms with Crippen molar-refractivity contribution in [2.45, 2.75) is 25.3 Å². The summed E-state index contributed by atoms with van der Waals surface area (Å²) < 4.78 is 38.0. The number of nitrogens with one attached hydrogen (secondary N) is 1. The first-order valence-corrected chi connectivity index (χ1v) is 12.5. The number of rotatable bonds is 11. The molecule has 35 heavy (non-hydrogen) atoms. The van der Waals surface area contributed by atoms with Gasteiger partial charge in [0.1, 0.15) is 18.7 Å². The summed E-state index contributed by atoms with van der Waals surface area (Å²) in [6, 6.07) is 11.1. The zero-order chi connectivity index (χ0) is 25.6. The van der Waals surface area contributed by atoms with E-state index < -0.39 is 10.0 Å². The molecule has 10 nitrogen and oxygen atoms in total. The number of carbonyl (C=O) groups excluding carboxylic acids is 1.